The molecule has 1 aromatic rings. The highest BCUT2D eigenvalue weighted by Gasteiger charge is 2.34. The van der Waals surface area contributed by atoms with E-state index in [-0.39, 0.29) is 23.8 Å². The molecule has 32 heavy (non-hydrogen) atoms. The van der Waals surface area contributed by atoms with Crippen molar-refractivity contribution in [3.8, 4) is 0 Å². The fraction of sp³-hybridized carbons (Fsp3) is 0.680. The number of carbonyl (C=O) groups is 2. The van der Waals surface area contributed by atoms with Gasteiger partial charge in [-0.25, -0.2) is 4.79 Å². The average molecular weight is 448 g/mol. The predicted octanol–water partition coefficient (Wildman–Crippen LogP) is 3.36. The van der Waals surface area contributed by atoms with Crippen molar-refractivity contribution in [2.45, 2.75) is 84.1 Å². The molecular weight excluding hydrogens is 406 g/mol. The molecule has 1 fully saturated rings. The molecule has 4 atom stereocenters. The van der Waals surface area contributed by atoms with Gasteiger partial charge in [-0.3, -0.25) is 10.1 Å². The summed E-state index contributed by atoms with van der Waals surface area (Å²) in [5.74, 6) is -0.213. The molecule has 7 heteroatoms. The maximum atomic E-state index is 12.6. The molecule has 4 N–H and O–H groups in total. The Labute approximate surface area is 192 Å². The number of unbranched alkanes of at least 4 members (excludes halogenated alkanes) is 1. The van der Waals surface area contributed by atoms with Gasteiger partial charge in [0.25, 0.3) is 0 Å². The van der Waals surface area contributed by atoms with E-state index in [1.807, 2.05) is 30.3 Å². The predicted molar refractivity (Wildman–Crippen MR) is 126 cm³/mol. The molecule has 1 aromatic carbocycles. The van der Waals surface area contributed by atoms with E-state index in [9.17, 15) is 14.7 Å². The van der Waals surface area contributed by atoms with Gasteiger partial charge in [-0.05, 0) is 52.0 Å². The van der Waals surface area contributed by atoms with Gasteiger partial charge >= 0.3 is 6.09 Å². The molecular formula is C25H41N3O4. The van der Waals surface area contributed by atoms with Gasteiger partial charge in [0.15, 0.2) is 0 Å². The van der Waals surface area contributed by atoms with E-state index in [4.69, 9.17) is 4.74 Å². The smallest absolute Gasteiger partial charge is 0.409 e. The summed E-state index contributed by atoms with van der Waals surface area (Å²) in [6, 6.07) is 9.96. The lowest BCUT2D eigenvalue weighted by atomic mass is 9.96. The van der Waals surface area contributed by atoms with Crippen LogP contribution in [0.2, 0.25) is 0 Å². The van der Waals surface area contributed by atoms with Gasteiger partial charge in [0, 0.05) is 25.0 Å². The zero-order valence-electron chi connectivity index (χ0n) is 20.0. The molecule has 0 aliphatic heterocycles. The third-order valence-electron chi connectivity index (χ3n) is 5.78. The minimum atomic E-state index is -1.07. The highest BCUT2D eigenvalue weighted by molar-refractivity contribution is 5.79. The lowest BCUT2D eigenvalue weighted by Crippen LogP contribution is -2.49. The Morgan fingerprint density at radius 1 is 1.19 bits per heavy atom. The van der Waals surface area contributed by atoms with Gasteiger partial charge in [0.2, 0.25) is 5.91 Å². The topological polar surface area (TPSA) is 99.7 Å². The summed E-state index contributed by atoms with van der Waals surface area (Å²) < 4.78 is 5.30. The fourth-order valence-electron chi connectivity index (χ4n) is 4.10. The number of rotatable bonds is 11. The van der Waals surface area contributed by atoms with E-state index < -0.39 is 17.9 Å². The molecule has 0 radical (unpaired) electrons. The van der Waals surface area contributed by atoms with E-state index in [0.29, 0.717) is 19.5 Å². The van der Waals surface area contributed by atoms with Crippen molar-refractivity contribution in [3.63, 3.8) is 0 Å². The maximum Gasteiger partial charge on any atom is 0.409 e. The van der Waals surface area contributed by atoms with Crippen molar-refractivity contribution in [2.75, 3.05) is 13.1 Å². The minimum Gasteiger partial charge on any atom is -0.444 e. The second-order valence-electron chi connectivity index (χ2n) is 9.74. The van der Waals surface area contributed by atoms with Crippen molar-refractivity contribution in [1.82, 2.24) is 16.0 Å². The van der Waals surface area contributed by atoms with E-state index in [1.165, 1.54) is 0 Å². The molecule has 0 aromatic heterocycles. The highest BCUT2D eigenvalue weighted by Crippen LogP contribution is 2.26. The molecule has 7 nitrogen and oxygen atoms in total. The summed E-state index contributed by atoms with van der Waals surface area (Å²) >= 11 is 0. The van der Waals surface area contributed by atoms with Crippen molar-refractivity contribution in [2.24, 2.45) is 11.8 Å². The normalized spacial score (nSPS) is 20.4. The molecule has 1 saturated carbocycles. The first-order valence-corrected chi connectivity index (χ1v) is 11.9. The third-order valence-corrected chi connectivity index (χ3v) is 5.78. The zero-order valence-corrected chi connectivity index (χ0v) is 20.0. The Bertz CT molecular complexity index is 705. The van der Waals surface area contributed by atoms with Crippen molar-refractivity contribution in [3.05, 3.63) is 35.9 Å². The van der Waals surface area contributed by atoms with Crippen LogP contribution in [0.4, 0.5) is 4.79 Å². The number of aliphatic hydroxyl groups is 1. The summed E-state index contributed by atoms with van der Waals surface area (Å²) in [6.07, 6.45) is 3.72. The summed E-state index contributed by atoms with van der Waals surface area (Å²) in [5, 5.41) is 19.9. The van der Waals surface area contributed by atoms with Crippen LogP contribution in [0.1, 0.15) is 65.4 Å². The molecule has 2 unspecified atom stereocenters. The van der Waals surface area contributed by atoms with E-state index in [2.05, 4.69) is 22.9 Å². The number of benzene rings is 1. The van der Waals surface area contributed by atoms with Gasteiger partial charge in [0.1, 0.15) is 11.8 Å². The average Bonchev–Trinajstić information content (AvgIpc) is 3.19. The maximum absolute atomic E-state index is 12.6. The van der Waals surface area contributed by atoms with Crippen LogP contribution >= 0.6 is 0 Å². The standard InChI is InChI=1S/C25H41N3O4/c1-5-6-15-26-23(30)20-13-10-14-21(20)27-17-19(16-18-11-8-7-9-12-18)22(29)28-24(31)32-25(2,3)4/h7-9,11-12,19-22,27,29H,5-6,10,13-17H2,1-4H3,(H,26,30)(H,28,31)/t19-,20?,21?,22-/m1/s1. The van der Waals surface area contributed by atoms with Crippen molar-refractivity contribution in [1.29, 1.82) is 0 Å². The van der Waals surface area contributed by atoms with Gasteiger partial charge < -0.3 is 20.5 Å². The summed E-state index contributed by atoms with van der Waals surface area (Å²) in [6.45, 7) is 8.66. The summed E-state index contributed by atoms with van der Waals surface area (Å²) in [7, 11) is 0. The van der Waals surface area contributed by atoms with Crippen LogP contribution in [-0.4, -0.2) is 48.1 Å². The van der Waals surface area contributed by atoms with Crippen LogP contribution in [0.3, 0.4) is 0 Å². The third kappa shape index (κ3) is 9.17. The van der Waals surface area contributed by atoms with Crippen LogP contribution in [0.15, 0.2) is 30.3 Å². The Morgan fingerprint density at radius 2 is 1.91 bits per heavy atom. The molecule has 0 bridgehead atoms. The quantitative estimate of drug-likeness (QED) is 0.308. The van der Waals surface area contributed by atoms with Gasteiger partial charge in [-0.15, -0.1) is 0 Å². The molecule has 0 spiro atoms. The lowest BCUT2D eigenvalue weighted by Gasteiger charge is -2.28. The number of amides is 2. The van der Waals surface area contributed by atoms with Gasteiger partial charge in [-0.1, -0.05) is 50.1 Å². The van der Waals surface area contributed by atoms with E-state index >= 15 is 0 Å². The van der Waals surface area contributed by atoms with E-state index in [1.54, 1.807) is 20.8 Å². The Hall–Kier alpha value is -2.12. The molecule has 1 aliphatic rings. The molecule has 2 amide bonds. The minimum absolute atomic E-state index is 0.0554. The molecule has 2 rings (SSSR count). The second kappa shape index (κ2) is 12.8. The number of aliphatic hydroxyl groups excluding tert-OH is 1. The largest absolute Gasteiger partial charge is 0.444 e. The van der Waals surface area contributed by atoms with Crippen molar-refractivity contribution >= 4 is 12.0 Å². The first-order valence-electron chi connectivity index (χ1n) is 11.9. The van der Waals surface area contributed by atoms with Crippen LogP contribution in [0, 0.1) is 11.8 Å². The Kier molecular flexibility index (Phi) is 10.5. The van der Waals surface area contributed by atoms with Crippen LogP contribution in [0.5, 0.6) is 0 Å². The van der Waals surface area contributed by atoms with Crippen LogP contribution in [-0.2, 0) is 16.0 Å². The Morgan fingerprint density at radius 3 is 2.56 bits per heavy atom. The number of nitrogens with one attached hydrogen (secondary N) is 3. The first-order chi connectivity index (χ1) is 15.2. The second-order valence-corrected chi connectivity index (χ2v) is 9.74. The molecule has 1 aliphatic carbocycles. The molecule has 180 valence electrons. The van der Waals surface area contributed by atoms with Crippen LogP contribution < -0.4 is 16.0 Å². The fourth-order valence-corrected chi connectivity index (χ4v) is 4.10. The first kappa shape index (κ1) is 26.1. The summed E-state index contributed by atoms with van der Waals surface area (Å²) in [5.41, 5.74) is 0.434. The number of hydrogen-bond acceptors (Lipinski definition) is 5. The number of ether oxygens (including phenoxy) is 1. The molecule has 0 saturated heterocycles. The van der Waals surface area contributed by atoms with Gasteiger partial charge in [0.05, 0.1) is 5.92 Å². The monoisotopic (exact) mass is 447 g/mol. The number of carbonyl (C=O) groups excluding carboxylic acids is 2. The van der Waals surface area contributed by atoms with Gasteiger partial charge in [-0.2, -0.15) is 0 Å². The molecule has 0 heterocycles. The number of hydrogen-bond donors (Lipinski definition) is 4. The lowest BCUT2D eigenvalue weighted by molar-refractivity contribution is -0.125. The zero-order chi connectivity index (χ0) is 23.6. The highest BCUT2D eigenvalue weighted by atomic mass is 16.6. The van der Waals surface area contributed by atoms with Crippen LogP contribution in [0.25, 0.3) is 0 Å². The number of alkyl carbamates (subject to hydrolysis) is 1. The summed E-state index contributed by atoms with van der Waals surface area (Å²) in [4.78, 5) is 24.8. The Balaban J connectivity index is 1.99. The van der Waals surface area contributed by atoms with E-state index in [0.717, 1.165) is 37.7 Å². The SMILES string of the molecule is CCCCNC(=O)C1CCCC1NC[C@@H](Cc1ccccc1)[C@@H](O)NC(=O)OC(C)(C)C. The van der Waals surface area contributed by atoms with Crippen molar-refractivity contribution < 1.29 is 19.4 Å².